The Kier molecular flexibility index (Phi) is 9.88. The highest BCUT2D eigenvalue weighted by atomic mass is 16.2. The maximum Gasteiger partial charge on any atom is 0.328 e. The van der Waals surface area contributed by atoms with Gasteiger partial charge >= 0.3 is 6.03 Å². The lowest BCUT2D eigenvalue weighted by molar-refractivity contribution is -0.120. The smallest absolute Gasteiger partial charge is 0.328 e. The Morgan fingerprint density at radius 3 is 2.42 bits per heavy atom. The summed E-state index contributed by atoms with van der Waals surface area (Å²) in [5.41, 5.74) is 6.07. The number of carbonyl (C=O) groups excluding carboxylic acids is 4. The number of hydrogen-bond acceptors (Lipinski definition) is 10. The summed E-state index contributed by atoms with van der Waals surface area (Å²) in [6.07, 6.45) is 7.75. The molecule has 0 radical (unpaired) electrons. The van der Waals surface area contributed by atoms with Crippen molar-refractivity contribution in [3.8, 4) is 0 Å². The number of amides is 5. The SMILES string of the molecule is C[C@@H]1CNC(=O)c2cc3ccc(C(=O)Nc4cnn(Cc5ccc(N6CCC(N7CCN(Cc8ccc(N9CCC(=O)NC9=O)cn8)CC7)CC6)cc5)c4)nc3n21. The molecule has 4 aliphatic rings. The maximum atomic E-state index is 13.2. The molecule has 3 N–H and O–H groups in total. The van der Waals surface area contributed by atoms with Crippen LogP contribution in [0.1, 0.15) is 64.5 Å². The molecule has 1 atom stereocenters. The molecule has 0 spiro atoms. The van der Waals surface area contributed by atoms with Gasteiger partial charge in [0.2, 0.25) is 5.91 Å². The number of nitrogens with zero attached hydrogens (tertiary/aromatic N) is 9. The van der Waals surface area contributed by atoms with Crippen molar-refractivity contribution in [1.82, 2.24) is 44.7 Å². The van der Waals surface area contributed by atoms with Gasteiger partial charge in [-0.15, -0.1) is 0 Å². The second kappa shape index (κ2) is 15.4. The van der Waals surface area contributed by atoms with Gasteiger partial charge in [-0.25, -0.2) is 9.78 Å². The molecule has 3 fully saturated rings. The van der Waals surface area contributed by atoms with Crippen LogP contribution in [0.25, 0.3) is 11.0 Å². The van der Waals surface area contributed by atoms with E-state index in [0.717, 1.165) is 75.3 Å². The fourth-order valence-electron chi connectivity index (χ4n) is 8.46. The average molecular weight is 771 g/mol. The summed E-state index contributed by atoms with van der Waals surface area (Å²) < 4.78 is 3.71. The fourth-order valence-corrected chi connectivity index (χ4v) is 8.46. The van der Waals surface area contributed by atoms with Crippen LogP contribution in [0.2, 0.25) is 0 Å². The summed E-state index contributed by atoms with van der Waals surface area (Å²) >= 11 is 0. The number of aromatic nitrogens is 5. The Labute approximate surface area is 329 Å². The van der Waals surface area contributed by atoms with E-state index in [1.54, 1.807) is 23.4 Å². The van der Waals surface area contributed by atoms with Crippen LogP contribution in [0.15, 0.2) is 73.2 Å². The van der Waals surface area contributed by atoms with Crippen LogP contribution in [-0.2, 0) is 17.9 Å². The number of carbonyl (C=O) groups is 4. The number of nitrogens with one attached hydrogen (secondary N) is 3. The van der Waals surface area contributed by atoms with E-state index in [0.29, 0.717) is 54.8 Å². The first kappa shape index (κ1) is 36.5. The second-order valence-electron chi connectivity index (χ2n) is 15.4. The third-order valence-corrected chi connectivity index (χ3v) is 11.6. The quantitative estimate of drug-likeness (QED) is 0.202. The molecule has 0 unspecified atom stereocenters. The van der Waals surface area contributed by atoms with Crippen LogP contribution in [0, 0.1) is 0 Å². The normalized spacial score (nSPS) is 19.7. The largest absolute Gasteiger partial charge is 0.371 e. The number of piperidine rings is 1. The molecule has 4 aromatic heterocycles. The third-order valence-electron chi connectivity index (χ3n) is 11.6. The molecule has 16 heteroatoms. The Hall–Kier alpha value is -6.13. The minimum Gasteiger partial charge on any atom is -0.371 e. The van der Waals surface area contributed by atoms with Crippen molar-refractivity contribution in [3.05, 3.63) is 95.8 Å². The number of benzene rings is 1. The van der Waals surface area contributed by atoms with Gasteiger partial charge in [-0.1, -0.05) is 12.1 Å². The van der Waals surface area contributed by atoms with E-state index < -0.39 is 6.03 Å². The highest BCUT2D eigenvalue weighted by molar-refractivity contribution is 6.06. The summed E-state index contributed by atoms with van der Waals surface area (Å²) in [5, 5.41) is 13.5. The molecule has 5 amide bonds. The minimum absolute atomic E-state index is 0.0385. The van der Waals surface area contributed by atoms with Crippen molar-refractivity contribution in [1.29, 1.82) is 0 Å². The van der Waals surface area contributed by atoms with Gasteiger partial charge in [0.25, 0.3) is 11.8 Å². The molecular weight excluding hydrogens is 725 g/mol. The standard InChI is InChI=1S/C41H46N12O4/c1-27-21-43-40(56)36-20-29-4-9-35(46-38(29)53(27)36)39(55)45-31-22-44-51(26-31)24-28-2-6-32(7-3-28)49-13-10-33(11-14-49)50-18-16-48(17-19-50)25-30-5-8-34(23-42-30)52-15-12-37(54)47-41(52)57/h2-9,20,22-23,26-27,33H,10-19,21,24-25H2,1H3,(H,43,56)(H,45,55)(H,47,54,57)/t27-/m1/s1. The zero-order valence-electron chi connectivity index (χ0n) is 31.9. The minimum atomic E-state index is -0.391. The van der Waals surface area contributed by atoms with Gasteiger partial charge in [0.1, 0.15) is 17.0 Å². The molecule has 294 valence electrons. The molecule has 8 heterocycles. The number of anilines is 3. The third kappa shape index (κ3) is 7.69. The van der Waals surface area contributed by atoms with E-state index in [1.165, 1.54) is 5.69 Å². The van der Waals surface area contributed by atoms with Crippen LogP contribution in [0.5, 0.6) is 0 Å². The lowest BCUT2D eigenvalue weighted by Gasteiger charge is -2.43. The van der Waals surface area contributed by atoms with E-state index >= 15 is 0 Å². The number of imide groups is 1. The van der Waals surface area contributed by atoms with Crippen molar-refractivity contribution >= 4 is 51.8 Å². The van der Waals surface area contributed by atoms with Crippen molar-refractivity contribution in [2.24, 2.45) is 0 Å². The van der Waals surface area contributed by atoms with E-state index in [2.05, 4.69) is 70.0 Å². The van der Waals surface area contributed by atoms with Gasteiger partial charge in [0.05, 0.1) is 42.0 Å². The first-order chi connectivity index (χ1) is 27.7. The van der Waals surface area contributed by atoms with Crippen LogP contribution in [-0.4, -0.2) is 116 Å². The zero-order valence-corrected chi connectivity index (χ0v) is 31.9. The number of fused-ring (bicyclic) bond motifs is 3. The Morgan fingerprint density at radius 2 is 1.67 bits per heavy atom. The van der Waals surface area contributed by atoms with Crippen molar-refractivity contribution in [2.45, 2.75) is 51.4 Å². The van der Waals surface area contributed by atoms with Crippen molar-refractivity contribution in [2.75, 3.05) is 67.5 Å². The number of piperazine rings is 1. The lowest BCUT2D eigenvalue weighted by Crippen LogP contribution is -2.53. The predicted molar refractivity (Wildman–Crippen MR) is 214 cm³/mol. The van der Waals surface area contributed by atoms with Crippen LogP contribution < -0.4 is 25.8 Å². The first-order valence-electron chi connectivity index (χ1n) is 19.7. The highest BCUT2D eigenvalue weighted by Gasteiger charge is 2.29. The number of pyridine rings is 2. The summed E-state index contributed by atoms with van der Waals surface area (Å²) in [6.45, 7) is 10.4. The molecular formula is C41H46N12O4. The number of hydrogen-bond donors (Lipinski definition) is 3. The first-order valence-corrected chi connectivity index (χ1v) is 19.7. The zero-order chi connectivity index (χ0) is 39.0. The molecule has 0 saturated carbocycles. The molecule has 5 aromatic rings. The lowest BCUT2D eigenvalue weighted by atomic mass is 10.0. The fraction of sp³-hybridized carbons (Fsp3) is 0.390. The number of urea groups is 1. The summed E-state index contributed by atoms with van der Waals surface area (Å²) in [5.74, 6) is -0.707. The monoisotopic (exact) mass is 770 g/mol. The van der Waals surface area contributed by atoms with Crippen molar-refractivity contribution < 1.29 is 19.2 Å². The second-order valence-corrected chi connectivity index (χ2v) is 15.4. The Balaban J connectivity index is 0.721. The molecule has 4 aliphatic heterocycles. The van der Waals surface area contributed by atoms with Gasteiger partial charge in [-0.2, -0.15) is 5.10 Å². The molecule has 3 saturated heterocycles. The summed E-state index contributed by atoms with van der Waals surface area (Å²) in [6, 6.07) is 18.1. The summed E-state index contributed by atoms with van der Waals surface area (Å²) in [4.78, 5) is 67.5. The highest BCUT2D eigenvalue weighted by Crippen LogP contribution is 2.27. The molecule has 0 aliphatic carbocycles. The molecule has 0 bridgehead atoms. The molecule has 57 heavy (non-hydrogen) atoms. The van der Waals surface area contributed by atoms with E-state index in [1.807, 2.05) is 46.6 Å². The summed E-state index contributed by atoms with van der Waals surface area (Å²) in [7, 11) is 0. The van der Waals surface area contributed by atoms with Crippen LogP contribution in [0.4, 0.5) is 21.9 Å². The van der Waals surface area contributed by atoms with E-state index in [9.17, 15) is 19.2 Å². The molecule has 9 rings (SSSR count). The van der Waals surface area contributed by atoms with Gasteiger partial charge in [0, 0.05) is 88.6 Å². The van der Waals surface area contributed by atoms with Crippen LogP contribution >= 0.6 is 0 Å². The predicted octanol–water partition coefficient (Wildman–Crippen LogP) is 3.47. The van der Waals surface area contributed by atoms with Gasteiger partial charge in [-0.05, 0) is 67.8 Å². The van der Waals surface area contributed by atoms with Crippen LogP contribution in [0.3, 0.4) is 0 Å². The molecule has 1 aromatic carbocycles. The van der Waals surface area contributed by atoms with Gasteiger partial charge in [0.15, 0.2) is 0 Å². The Morgan fingerprint density at radius 1 is 0.877 bits per heavy atom. The maximum absolute atomic E-state index is 13.2. The van der Waals surface area contributed by atoms with E-state index in [-0.39, 0.29) is 29.5 Å². The van der Waals surface area contributed by atoms with Gasteiger partial charge in [-0.3, -0.25) is 44.1 Å². The molecule has 16 nitrogen and oxygen atoms in total. The average Bonchev–Trinajstić information content (AvgIpc) is 3.85. The van der Waals surface area contributed by atoms with Crippen molar-refractivity contribution in [3.63, 3.8) is 0 Å². The topological polar surface area (TPSA) is 166 Å². The van der Waals surface area contributed by atoms with E-state index in [4.69, 9.17) is 0 Å². The Bertz CT molecular complexity index is 2300. The van der Waals surface area contributed by atoms with Gasteiger partial charge < -0.3 is 20.1 Å². The number of rotatable bonds is 9.